The molecule has 0 unspecified atom stereocenters. The summed E-state index contributed by atoms with van der Waals surface area (Å²) in [6.45, 7) is 0. The maximum absolute atomic E-state index is 12.1. The van der Waals surface area contributed by atoms with E-state index in [9.17, 15) is 4.79 Å². The number of para-hydroxylation sites is 1. The van der Waals surface area contributed by atoms with Crippen LogP contribution < -0.4 is 34.3 Å². The molecule has 0 atom stereocenters. The van der Waals surface area contributed by atoms with Crippen LogP contribution in [0.4, 0.5) is 0 Å². The summed E-state index contributed by atoms with van der Waals surface area (Å²) < 4.78 is 5.17. The van der Waals surface area contributed by atoms with Gasteiger partial charge in [-0.2, -0.15) is 0 Å². The Bertz CT molecular complexity index is 497. The number of carbonyl (C=O) groups is 1. The normalized spacial score (nSPS) is 8.72. The molecule has 0 fully saturated rings. The van der Waals surface area contributed by atoms with E-state index in [0.29, 0.717) is 16.9 Å². The maximum atomic E-state index is 12.1. The smallest absolute Gasteiger partial charge is 0.870 e. The number of hydrogen-bond donors (Lipinski definition) is 0. The van der Waals surface area contributed by atoms with Crippen LogP contribution in [0.2, 0.25) is 0 Å². The molecular weight excluding hydrogens is 239 g/mol. The van der Waals surface area contributed by atoms with Crippen LogP contribution in [0.1, 0.15) is 15.9 Å². The van der Waals surface area contributed by atoms with E-state index in [-0.39, 0.29) is 40.8 Å². The van der Waals surface area contributed by atoms with Crippen molar-refractivity contribution in [3.05, 3.63) is 65.7 Å². The van der Waals surface area contributed by atoms with Crippen molar-refractivity contribution in [3.8, 4) is 5.75 Å². The van der Waals surface area contributed by atoms with Crippen molar-refractivity contribution in [1.82, 2.24) is 0 Å². The Morgan fingerprint density at radius 1 is 0.944 bits per heavy atom. The Morgan fingerprint density at radius 3 is 2.11 bits per heavy atom. The first-order valence-corrected chi connectivity index (χ1v) is 5.05. The molecule has 0 bridgehead atoms. The van der Waals surface area contributed by atoms with Gasteiger partial charge in [-0.05, 0) is 12.1 Å². The van der Waals surface area contributed by atoms with Gasteiger partial charge in [-0.1, -0.05) is 42.5 Å². The van der Waals surface area contributed by atoms with Crippen molar-refractivity contribution in [3.63, 3.8) is 0 Å². The molecule has 0 saturated carbocycles. The van der Waals surface area contributed by atoms with E-state index in [0.717, 1.165) is 0 Å². The number of methoxy groups -OCH3 is 1. The number of rotatable bonds is 3. The molecule has 2 aromatic rings. The molecule has 0 heterocycles. The molecule has 0 aliphatic heterocycles. The Kier molecular flexibility index (Phi) is 7.55. The second-order valence-electron chi connectivity index (χ2n) is 3.40. The fourth-order valence-electron chi connectivity index (χ4n) is 1.58. The molecule has 0 aliphatic rings. The third kappa shape index (κ3) is 3.68. The zero-order valence-corrected chi connectivity index (χ0v) is 12.5. The van der Waals surface area contributed by atoms with Gasteiger partial charge in [0.1, 0.15) is 5.75 Å². The average molecular weight is 252 g/mol. The topological polar surface area (TPSA) is 56.3 Å². The molecule has 0 aliphatic carbocycles. The minimum Gasteiger partial charge on any atom is -0.870 e. The summed E-state index contributed by atoms with van der Waals surface area (Å²) in [6.07, 6.45) is 0. The quantitative estimate of drug-likeness (QED) is 0.559. The predicted molar refractivity (Wildman–Crippen MR) is 64.8 cm³/mol. The molecule has 3 nitrogen and oxygen atoms in total. The summed E-state index contributed by atoms with van der Waals surface area (Å²) in [7, 11) is 1.57. The van der Waals surface area contributed by atoms with Gasteiger partial charge in [0.15, 0.2) is 5.78 Å². The zero-order chi connectivity index (χ0) is 11.4. The van der Waals surface area contributed by atoms with E-state index in [2.05, 4.69) is 0 Å². The Hall–Kier alpha value is -1.13. The van der Waals surface area contributed by atoms with Gasteiger partial charge in [0, 0.05) is 5.56 Å². The van der Waals surface area contributed by atoms with Crippen LogP contribution in [0.3, 0.4) is 0 Å². The third-order valence-corrected chi connectivity index (χ3v) is 2.39. The van der Waals surface area contributed by atoms with Gasteiger partial charge < -0.3 is 10.2 Å². The largest absolute Gasteiger partial charge is 1.00 e. The minimum atomic E-state index is -0.0157. The van der Waals surface area contributed by atoms with E-state index >= 15 is 0 Å². The maximum Gasteiger partial charge on any atom is 1.00 e. The summed E-state index contributed by atoms with van der Waals surface area (Å²) >= 11 is 0. The minimum absolute atomic E-state index is 0. The Labute approximate surface area is 128 Å². The van der Waals surface area contributed by atoms with Crippen LogP contribution >= 0.6 is 0 Å². The molecule has 0 spiro atoms. The molecule has 88 valence electrons. The van der Waals surface area contributed by atoms with Crippen molar-refractivity contribution in [2.24, 2.45) is 0 Å². The van der Waals surface area contributed by atoms with Crippen LogP contribution in [0, 0.1) is 0 Å². The second-order valence-corrected chi connectivity index (χ2v) is 3.40. The monoisotopic (exact) mass is 252 g/mol. The van der Waals surface area contributed by atoms with Crippen LogP contribution in [0.15, 0.2) is 54.6 Å². The molecule has 18 heavy (non-hydrogen) atoms. The van der Waals surface area contributed by atoms with Crippen molar-refractivity contribution < 1.29 is 44.6 Å². The number of ether oxygens (including phenoxy) is 1. The first-order valence-electron chi connectivity index (χ1n) is 5.05. The molecule has 2 rings (SSSR count). The van der Waals surface area contributed by atoms with Gasteiger partial charge in [-0.25, -0.2) is 0 Å². The van der Waals surface area contributed by atoms with Crippen molar-refractivity contribution in [1.29, 1.82) is 0 Å². The van der Waals surface area contributed by atoms with Crippen LogP contribution in [-0.4, -0.2) is 18.4 Å². The average Bonchev–Trinajstić information content (AvgIpc) is 2.39. The molecular formula is C14H13NaO3. The Balaban J connectivity index is 0.00000144. The van der Waals surface area contributed by atoms with E-state index in [1.165, 1.54) is 0 Å². The molecule has 2 aromatic carbocycles. The fourth-order valence-corrected chi connectivity index (χ4v) is 1.58. The molecule has 4 heteroatoms. The van der Waals surface area contributed by atoms with E-state index in [1.54, 1.807) is 31.4 Å². The summed E-state index contributed by atoms with van der Waals surface area (Å²) in [4.78, 5) is 12.1. The van der Waals surface area contributed by atoms with Gasteiger partial charge in [0.2, 0.25) is 0 Å². The molecule has 0 amide bonds. The fraction of sp³-hybridized carbons (Fsp3) is 0.0714. The summed E-state index contributed by atoms with van der Waals surface area (Å²) in [5, 5.41) is 0. The van der Waals surface area contributed by atoms with Crippen LogP contribution in [-0.2, 0) is 0 Å². The summed E-state index contributed by atoms with van der Waals surface area (Å²) in [5.41, 5.74) is 1.27. The number of benzene rings is 2. The van der Waals surface area contributed by atoms with Gasteiger partial charge >= 0.3 is 29.6 Å². The third-order valence-electron chi connectivity index (χ3n) is 2.39. The summed E-state index contributed by atoms with van der Waals surface area (Å²) in [5.74, 6) is 0.592. The van der Waals surface area contributed by atoms with Crippen LogP contribution in [0.25, 0.3) is 0 Å². The van der Waals surface area contributed by atoms with Crippen LogP contribution in [0.5, 0.6) is 5.75 Å². The standard InChI is InChI=1S/C14H12O2.Na.H2O/c1-16-13-10-6-5-9-12(13)14(15)11-7-3-2-4-8-11;;/h2-10H,1H3;;1H2/q;+1;/p-1. The van der Waals surface area contributed by atoms with Gasteiger partial charge in [0.05, 0.1) is 12.7 Å². The summed E-state index contributed by atoms with van der Waals surface area (Å²) in [6, 6.07) is 16.4. The molecule has 0 radical (unpaired) electrons. The van der Waals surface area contributed by atoms with Gasteiger partial charge in [-0.3, -0.25) is 4.79 Å². The number of hydrogen-bond acceptors (Lipinski definition) is 3. The molecule has 1 N–H and O–H groups in total. The molecule has 0 aromatic heterocycles. The SMILES string of the molecule is COc1ccccc1C(=O)c1ccccc1.[Na+].[OH-]. The van der Waals surface area contributed by atoms with Crippen molar-refractivity contribution >= 4 is 5.78 Å². The second kappa shape index (κ2) is 8.06. The van der Waals surface area contributed by atoms with Gasteiger partial charge in [0.25, 0.3) is 0 Å². The first kappa shape index (κ1) is 16.9. The Morgan fingerprint density at radius 2 is 1.50 bits per heavy atom. The van der Waals surface area contributed by atoms with Crippen molar-refractivity contribution in [2.75, 3.05) is 7.11 Å². The van der Waals surface area contributed by atoms with E-state index in [4.69, 9.17) is 4.74 Å². The molecule has 0 saturated heterocycles. The van der Waals surface area contributed by atoms with E-state index < -0.39 is 0 Å². The van der Waals surface area contributed by atoms with E-state index in [1.807, 2.05) is 30.3 Å². The number of carbonyl (C=O) groups excluding carboxylic acids is 1. The van der Waals surface area contributed by atoms with Crippen molar-refractivity contribution in [2.45, 2.75) is 0 Å². The zero-order valence-electron chi connectivity index (χ0n) is 10.5. The van der Waals surface area contributed by atoms with Gasteiger partial charge in [-0.15, -0.1) is 0 Å². The number of ketones is 1. The first-order chi connectivity index (χ1) is 7.83. The predicted octanol–water partition coefficient (Wildman–Crippen LogP) is -0.247.